The molecule has 2 N–H and O–H groups in total. The van der Waals surface area contributed by atoms with Crippen LogP contribution in [0.5, 0.6) is 11.5 Å². The molecule has 0 aliphatic carbocycles. The maximum Gasteiger partial charge on any atom is 0.161 e. The van der Waals surface area contributed by atoms with Gasteiger partial charge in [0.15, 0.2) is 11.5 Å². The fourth-order valence-electron chi connectivity index (χ4n) is 1.58. The average Bonchev–Trinajstić information content (AvgIpc) is 2.45. The standard InChI is InChI=1S/C14H14N2O2S/c1-17-13-8-11(14(15)19)2-3-12(13)18-9-10-4-6-16-7-5-10/h2-8H,9H2,1H3,(H2,15,19). The van der Waals surface area contributed by atoms with Crippen LogP contribution in [0.15, 0.2) is 42.7 Å². The molecule has 0 saturated heterocycles. The van der Waals surface area contributed by atoms with E-state index in [1.807, 2.05) is 18.2 Å². The third-order valence-corrected chi connectivity index (χ3v) is 2.83. The van der Waals surface area contributed by atoms with Crippen molar-refractivity contribution in [2.75, 3.05) is 7.11 Å². The Hall–Kier alpha value is -2.14. The van der Waals surface area contributed by atoms with Crippen LogP contribution in [0.2, 0.25) is 0 Å². The summed E-state index contributed by atoms with van der Waals surface area (Å²) in [6.07, 6.45) is 3.46. The zero-order chi connectivity index (χ0) is 13.7. The van der Waals surface area contributed by atoms with E-state index in [9.17, 15) is 0 Å². The monoisotopic (exact) mass is 274 g/mol. The molecule has 5 heteroatoms. The average molecular weight is 274 g/mol. The van der Waals surface area contributed by atoms with E-state index in [1.54, 1.807) is 31.6 Å². The molecule has 1 aromatic carbocycles. The van der Waals surface area contributed by atoms with Crippen molar-refractivity contribution in [3.05, 3.63) is 53.9 Å². The molecule has 0 fully saturated rings. The number of aromatic nitrogens is 1. The Morgan fingerprint density at radius 2 is 1.95 bits per heavy atom. The van der Waals surface area contributed by atoms with Gasteiger partial charge in [0.1, 0.15) is 11.6 Å². The number of rotatable bonds is 5. The van der Waals surface area contributed by atoms with Crippen LogP contribution in [-0.4, -0.2) is 17.1 Å². The Morgan fingerprint density at radius 1 is 1.21 bits per heavy atom. The van der Waals surface area contributed by atoms with Crippen molar-refractivity contribution in [1.82, 2.24) is 4.98 Å². The SMILES string of the molecule is COc1cc(C(N)=S)ccc1OCc1ccncc1. The lowest BCUT2D eigenvalue weighted by atomic mass is 10.2. The minimum atomic E-state index is 0.332. The van der Waals surface area contributed by atoms with E-state index in [0.717, 1.165) is 11.1 Å². The van der Waals surface area contributed by atoms with Crippen molar-refractivity contribution in [3.63, 3.8) is 0 Å². The van der Waals surface area contributed by atoms with Crippen LogP contribution in [0, 0.1) is 0 Å². The molecule has 0 aliphatic rings. The zero-order valence-electron chi connectivity index (χ0n) is 10.5. The van der Waals surface area contributed by atoms with Gasteiger partial charge in [0, 0.05) is 18.0 Å². The molecule has 2 aromatic rings. The molecular weight excluding hydrogens is 260 g/mol. The first kappa shape index (κ1) is 13.3. The largest absolute Gasteiger partial charge is 0.493 e. The number of thiocarbonyl (C=S) groups is 1. The summed E-state index contributed by atoms with van der Waals surface area (Å²) >= 11 is 4.93. The molecule has 98 valence electrons. The highest BCUT2D eigenvalue weighted by atomic mass is 32.1. The highest BCUT2D eigenvalue weighted by molar-refractivity contribution is 7.80. The van der Waals surface area contributed by atoms with Crippen molar-refractivity contribution in [1.29, 1.82) is 0 Å². The maximum absolute atomic E-state index is 5.71. The minimum Gasteiger partial charge on any atom is -0.493 e. The third-order valence-electron chi connectivity index (χ3n) is 2.59. The molecule has 2 rings (SSSR count). The van der Waals surface area contributed by atoms with Crippen LogP contribution in [0.4, 0.5) is 0 Å². The lowest BCUT2D eigenvalue weighted by Gasteiger charge is -2.11. The number of hydrogen-bond donors (Lipinski definition) is 1. The second-order valence-corrected chi connectivity index (χ2v) is 4.31. The molecular formula is C14H14N2O2S. The molecule has 0 unspecified atom stereocenters. The Bertz CT molecular complexity index is 573. The highest BCUT2D eigenvalue weighted by Crippen LogP contribution is 2.28. The van der Waals surface area contributed by atoms with Crippen molar-refractivity contribution >= 4 is 17.2 Å². The van der Waals surface area contributed by atoms with Gasteiger partial charge in [-0.15, -0.1) is 0 Å². The predicted molar refractivity (Wildman–Crippen MR) is 77.5 cm³/mol. The van der Waals surface area contributed by atoms with Gasteiger partial charge in [-0.1, -0.05) is 12.2 Å². The summed E-state index contributed by atoms with van der Waals surface area (Å²) in [4.78, 5) is 4.29. The first-order valence-corrected chi connectivity index (χ1v) is 6.11. The molecule has 4 nitrogen and oxygen atoms in total. The van der Waals surface area contributed by atoms with E-state index >= 15 is 0 Å². The summed E-state index contributed by atoms with van der Waals surface area (Å²) in [6, 6.07) is 9.18. The van der Waals surface area contributed by atoms with Crippen molar-refractivity contribution in [2.24, 2.45) is 5.73 Å². The second kappa shape index (κ2) is 6.15. The Kier molecular flexibility index (Phi) is 4.30. The molecule has 0 radical (unpaired) electrons. The van der Waals surface area contributed by atoms with Crippen LogP contribution in [0.3, 0.4) is 0 Å². The topological polar surface area (TPSA) is 57.4 Å². The van der Waals surface area contributed by atoms with Gasteiger partial charge in [-0.05, 0) is 35.9 Å². The van der Waals surface area contributed by atoms with Gasteiger partial charge in [0.2, 0.25) is 0 Å². The maximum atomic E-state index is 5.71. The van der Waals surface area contributed by atoms with E-state index in [-0.39, 0.29) is 0 Å². The van der Waals surface area contributed by atoms with Gasteiger partial charge in [-0.3, -0.25) is 4.98 Å². The van der Waals surface area contributed by atoms with Crippen LogP contribution >= 0.6 is 12.2 Å². The van der Waals surface area contributed by atoms with Crippen LogP contribution < -0.4 is 15.2 Å². The highest BCUT2D eigenvalue weighted by Gasteiger charge is 2.07. The quantitative estimate of drug-likeness (QED) is 0.848. The minimum absolute atomic E-state index is 0.332. The van der Waals surface area contributed by atoms with Crippen LogP contribution in [-0.2, 0) is 6.61 Å². The second-order valence-electron chi connectivity index (χ2n) is 3.87. The molecule has 19 heavy (non-hydrogen) atoms. The predicted octanol–water partition coefficient (Wildman–Crippen LogP) is 2.30. The summed E-state index contributed by atoms with van der Waals surface area (Å²) in [6.45, 7) is 0.450. The van der Waals surface area contributed by atoms with Gasteiger partial charge in [-0.2, -0.15) is 0 Å². The van der Waals surface area contributed by atoms with Crippen molar-refractivity contribution in [2.45, 2.75) is 6.61 Å². The summed E-state index contributed by atoms with van der Waals surface area (Å²) in [5, 5.41) is 0. The molecule has 0 bridgehead atoms. The van der Waals surface area contributed by atoms with Gasteiger partial charge in [-0.25, -0.2) is 0 Å². The Labute approximate surface area is 117 Å². The first-order valence-electron chi connectivity index (χ1n) is 5.70. The molecule has 1 heterocycles. The van der Waals surface area contributed by atoms with Gasteiger partial charge < -0.3 is 15.2 Å². The number of hydrogen-bond acceptors (Lipinski definition) is 4. The number of benzene rings is 1. The van der Waals surface area contributed by atoms with E-state index in [1.165, 1.54) is 0 Å². The van der Waals surface area contributed by atoms with E-state index in [0.29, 0.717) is 23.1 Å². The Morgan fingerprint density at radius 3 is 2.58 bits per heavy atom. The van der Waals surface area contributed by atoms with Crippen LogP contribution in [0.1, 0.15) is 11.1 Å². The molecule has 0 spiro atoms. The Balaban J connectivity index is 2.14. The number of nitrogens with two attached hydrogens (primary N) is 1. The zero-order valence-corrected chi connectivity index (χ0v) is 11.3. The normalized spacial score (nSPS) is 9.95. The number of ether oxygens (including phenoxy) is 2. The first-order chi connectivity index (χ1) is 9.20. The number of pyridine rings is 1. The number of nitrogens with zero attached hydrogens (tertiary/aromatic N) is 1. The molecule has 0 aliphatic heterocycles. The van der Waals surface area contributed by atoms with E-state index in [4.69, 9.17) is 27.4 Å². The summed E-state index contributed by atoms with van der Waals surface area (Å²) in [7, 11) is 1.58. The summed E-state index contributed by atoms with van der Waals surface area (Å²) in [5.74, 6) is 1.26. The van der Waals surface area contributed by atoms with Gasteiger partial charge >= 0.3 is 0 Å². The molecule has 0 saturated carbocycles. The summed E-state index contributed by atoms with van der Waals surface area (Å²) in [5.41, 5.74) is 7.37. The van der Waals surface area contributed by atoms with Crippen molar-refractivity contribution < 1.29 is 9.47 Å². The molecule has 0 atom stereocenters. The van der Waals surface area contributed by atoms with Crippen LogP contribution in [0.25, 0.3) is 0 Å². The lowest BCUT2D eigenvalue weighted by molar-refractivity contribution is 0.284. The fourth-order valence-corrected chi connectivity index (χ4v) is 1.71. The third kappa shape index (κ3) is 3.42. The van der Waals surface area contributed by atoms with Crippen molar-refractivity contribution in [3.8, 4) is 11.5 Å². The van der Waals surface area contributed by atoms with E-state index in [2.05, 4.69) is 4.98 Å². The smallest absolute Gasteiger partial charge is 0.161 e. The number of methoxy groups -OCH3 is 1. The lowest BCUT2D eigenvalue weighted by Crippen LogP contribution is -2.09. The molecule has 1 aromatic heterocycles. The van der Waals surface area contributed by atoms with E-state index < -0.39 is 0 Å². The summed E-state index contributed by atoms with van der Waals surface area (Å²) < 4.78 is 11.0. The van der Waals surface area contributed by atoms with Gasteiger partial charge in [0.25, 0.3) is 0 Å². The fraction of sp³-hybridized carbons (Fsp3) is 0.143. The molecule has 0 amide bonds. The van der Waals surface area contributed by atoms with Gasteiger partial charge in [0.05, 0.1) is 7.11 Å².